The Kier molecular flexibility index (Phi) is 4.34. The first kappa shape index (κ1) is 12.3. The molecule has 0 radical (unpaired) electrons. The first-order valence-corrected chi connectivity index (χ1v) is 6.05. The molecule has 1 saturated heterocycles. The summed E-state index contributed by atoms with van der Waals surface area (Å²) in [5.74, 6) is 0.394. The van der Waals surface area contributed by atoms with Gasteiger partial charge in [0.25, 0.3) is 0 Å². The lowest BCUT2D eigenvalue weighted by Gasteiger charge is -2.19. The molecule has 0 atom stereocenters. The molecular formula is C13H19FN2O. The molecular weight excluding hydrogens is 219 g/mol. The number of ether oxygens (including phenoxy) is 1. The summed E-state index contributed by atoms with van der Waals surface area (Å²) in [5.41, 5.74) is 0.743. The van der Waals surface area contributed by atoms with Gasteiger partial charge in [0.05, 0.1) is 7.11 Å². The topological polar surface area (TPSA) is 24.5 Å². The highest BCUT2D eigenvalue weighted by Gasteiger charge is 2.11. The third-order valence-electron chi connectivity index (χ3n) is 3.09. The Morgan fingerprint density at radius 2 is 2.24 bits per heavy atom. The molecule has 0 amide bonds. The van der Waals surface area contributed by atoms with Crippen molar-refractivity contribution < 1.29 is 9.13 Å². The van der Waals surface area contributed by atoms with E-state index in [1.165, 1.54) is 6.07 Å². The van der Waals surface area contributed by atoms with Crippen LogP contribution in [0.2, 0.25) is 0 Å². The number of hydrogen-bond acceptors (Lipinski definition) is 3. The van der Waals surface area contributed by atoms with E-state index in [0.29, 0.717) is 12.3 Å². The van der Waals surface area contributed by atoms with E-state index < -0.39 is 0 Å². The molecule has 1 aliphatic heterocycles. The van der Waals surface area contributed by atoms with Gasteiger partial charge in [0.1, 0.15) is 11.6 Å². The zero-order chi connectivity index (χ0) is 12.1. The molecule has 1 fully saturated rings. The van der Waals surface area contributed by atoms with E-state index in [4.69, 9.17) is 4.74 Å². The third-order valence-corrected chi connectivity index (χ3v) is 3.09. The maximum atomic E-state index is 13.8. The van der Waals surface area contributed by atoms with Gasteiger partial charge >= 0.3 is 0 Å². The lowest BCUT2D eigenvalue weighted by atomic mass is 10.2. The first-order chi connectivity index (χ1) is 8.29. The Bertz CT molecular complexity index is 362. The highest BCUT2D eigenvalue weighted by Crippen LogP contribution is 2.17. The average Bonchev–Trinajstić information content (AvgIpc) is 2.60. The van der Waals surface area contributed by atoms with Crippen LogP contribution in [-0.2, 0) is 6.54 Å². The van der Waals surface area contributed by atoms with Crippen LogP contribution in [0.5, 0.6) is 5.75 Å². The fourth-order valence-corrected chi connectivity index (χ4v) is 2.08. The molecule has 1 aliphatic rings. The van der Waals surface area contributed by atoms with Crippen LogP contribution in [0.3, 0.4) is 0 Å². The van der Waals surface area contributed by atoms with Gasteiger partial charge in [-0.2, -0.15) is 0 Å². The van der Waals surface area contributed by atoms with E-state index in [0.717, 1.165) is 38.2 Å². The predicted octanol–water partition coefficient (Wildman–Crippen LogP) is 1.63. The van der Waals surface area contributed by atoms with Crippen molar-refractivity contribution in [2.75, 3.05) is 33.3 Å². The zero-order valence-corrected chi connectivity index (χ0v) is 10.2. The summed E-state index contributed by atoms with van der Waals surface area (Å²) in [7, 11) is 1.55. The van der Waals surface area contributed by atoms with Gasteiger partial charge in [-0.3, -0.25) is 4.90 Å². The molecule has 1 aromatic rings. The Labute approximate surface area is 102 Å². The molecule has 1 heterocycles. The Morgan fingerprint density at radius 3 is 3.00 bits per heavy atom. The molecule has 0 aromatic heterocycles. The van der Waals surface area contributed by atoms with Crippen molar-refractivity contribution in [3.63, 3.8) is 0 Å². The number of rotatable bonds is 3. The van der Waals surface area contributed by atoms with Crippen LogP contribution < -0.4 is 10.1 Å². The van der Waals surface area contributed by atoms with Crippen molar-refractivity contribution in [1.82, 2.24) is 10.2 Å². The van der Waals surface area contributed by atoms with Crippen LogP contribution in [0, 0.1) is 5.82 Å². The van der Waals surface area contributed by atoms with Crippen molar-refractivity contribution in [3.8, 4) is 5.75 Å². The fourth-order valence-electron chi connectivity index (χ4n) is 2.08. The van der Waals surface area contributed by atoms with Crippen LogP contribution in [0.25, 0.3) is 0 Å². The minimum Gasteiger partial charge on any atom is -0.497 e. The molecule has 94 valence electrons. The molecule has 2 rings (SSSR count). The van der Waals surface area contributed by atoms with Crippen molar-refractivity contribution in [2.24, 2.45) is 0 Å². The first-order valence-electron chi connectivity index (χ1n) is 6.05. The molecule has 3 nitrogen and oxygen atoms in total. The minimum atomic E-state index is -0.179. The number of benzene rings is 1. The van der Waals surface area contributed by atoms with E-state index in [2.05, 4.69) is 10.2 Å². The van der Waals surface area contributed by atoms with Gasteiger partial charge < -0.3 is 10.1 Å². The van der Waals surface area contributed by atoms with E-state index in [1.54, 1.807) is 7.11 Å². The van der Waals surface area contributed by atoms with Gasteiger partial charge in [0.2, 0.25) is 0 Å². The molecule has 0 saturated carbocycles. The van der Waals surface area contributed by atoms with Crippen molar-refractivity contribution in [1.29, 1.82) is 0 Å². The number of halogens is 1. The Morgan fingerprint density at radius 1 is 1.35 bits per heavy atom. The van der Waals surface area contributed by atoms with Crippen molar-refractivity contribution in [2.45, 2.75) is 13.0 Å². The zero-order valence-electron chi connectivity index (χ0n) is 10.2. The molecule has 0 unspecified atom stereocenters. The number of nitrogens with one attached hydrogen (secondary N) is 1. The molecule has 0 bridgehead atoms. The van der Waals surface area contributed by atoms with Crippen molar-refractivity contribution >= 4 is 0 Å². The summed E-state index contributed by atoms with van der Waals surface area (Å²) in [6.07, 6.45) is 1.12. The largest absolute Gasteiger partial charge is 0.497 e. The molecule has 4 heteroatoms. The Balaban J connectivity index is 2.01. The summed E-state index contributed by atoms with van der Waals surface area (Å²) < 4.78 is 18.8. The van der Waals surface area contributed by atoms with Crippen molar-refractivity contribution in [3.05, 3.63) is 29.6 Å². The SMILES string of the molecule is COc1ccc(CN2CCCNCC2)c(F)c1. The second-order valence-corrected chi connectivity index (χ2v) is 4.34. The normalized spacial score (nSPS) is 17.8. The van der Waals surface area contributed by atoms with Gasteiger partial charge in [0.15, 0.2) is 0 Å². The van der Waals surface area contributed by atoms with Crippen LogP contribution in [0.15, 0.2) is 18.2 Å². The summed E-state index contributed by atoms with van der Waals surface area (Å²) in [5, 5.41) is 3.34. The lowest BCUT2D eigenvalue weighted by molar-refractivity contribution is 0.280. The van der Waals surface area contributed by atoms with Crippen LogP contribution in [0.4, 0.5) is 4.39 Å². The maximum Gasteiger partial charge on any atom is 0.131 e. The summed E-state index contributed by atoms with van der Waals surface area (Å²) >= 11 is 0. The summed E-state index contributed by atoms with van der Waals surface area (Å²) in [6, 6.07) is 5.08. The third kappa shape index (κ3) is 3.41. The standard InChI is InChI=1S/C13H19FN2O/c1-17-12-4-3-11(13(14)9-12)10-16-7-2-5-15-6-8-16/h3-4,9,15H,2,5-8,10H2,1H3. The van der Waals surface area contributed by atoms with Gasteiger partial charge in [-0.1, -0.05) is 6.07 Å². The minimum absolute atomic E-state index is 0.179. The number of methoxy groups -OCH3 is 1. The van der Waals surface area contributed by atoms with Gasteiger partial charge in [-0.05, 0) is 25.6 Å². The highest BCUT2D eigenvalue weighted by molar-refractivity contribution is 5.28. The molecule has 0 aliphatic carbocycles. The average molecular weight is 238 g/mol. The summed E-state index contributed by atoms with van der Waals surface area (Å²) in [6.45, 7) is 4.72. The van der Waals surface area contributed by atoms with Crippen LogP contribution in [0.1, 0.15) is 12.0 Å². The van der Waals surface area contributed by atoms with Crippen LogP contribution in [-0.4, -0.2) is 38.2 Å². The van der Waals surface area contributed by atoms with E-state index in [-0.39, 0.29) is 5.82 Å². The van der Waals surface area contributed by atoms with E-state index in [1.807, 2.05) is 12.1 Å². The molecule has 17 heavy (non-hydrogen) atoms. The number of nitrogens with zero attached hydrogens (tertiary/aromatic N) is 1. The van der Waals surface area contributed by atoms with Gasteiger partial charge in [0, 0.05) is 31.3 Å². The summed E-state index contributed by atoms with van der Waals surface area (Å²) in [4.78, 5) is 2.28. The lowest BCUT2D eigenvalue weighted by Crippen LogP contribution is -2.28. The molecule has 1 N–H and O–H groups in total. The van der Waals surface area contributed by atoms with E-state index >= 15 is 0 Å². The quantitative estimate of drug-likeness (QED) is 0.866. The van der Waals surface area contributed by atoms with Gasteiger partial charge in [-0.15, -0.1) is 0 Å². The Hall–Kier alpha value is -1.13. The number of hydrogen-bond donors (Lipinski definition) is 1. The predicted molar refractivity (Wildman–Crippen MR) is 65.7 cm³/mol. The highest BCUT2D eigenvalue weighted by atomic mass is 19.1. The smallest absolute Gasteiger partial charge is 0.131 e. The second kappa shape index (κ2) is 5.98. The van der Waals surface area contributed by atoms with E-state index in [9.17, 15) is 4.39 Å². The second-order valence-electron chi connectivity index (χ2n) is 4.34. The van der Waals surface area contributed by atoms with Crippen LogP contribution >= 0.6 is 0 Å². The molecule has 1 aromatic carbocycles. The molecule has 0 spiro atoms. The fraction of sp³-hybridized carbons (Fsp3) is 0.538. The van der Waals surface area contributed by atoms with Gasteiger partial charge in [-0.25, -0.2) is 4.39 Å². The monoisotopic (exact) mass is 238 g/mol. The maximum absolute atomic E-state index is 13.8.